The quantitative estimate of drug-likeness (QED) is 0.898. The molecule has 0 unspecified atom stereocenters. The van der Waals surface area contributed by atoms with Crippen LogP contribution in [-0.4, -0.2) is 17.5 Å². The van der Waals surface area contributed by atoms with Crippen molar-refractivity contribution in [3.05, 3.63) is 47.3 Å². The van der Waals surface area contributed by atoms with Crippen molar-refractivity contribution in [2.24, 2.45) is 7.05 Å². The van der Waals surface area contributed by atoms with Gasteiger partial charge in [0.1, 0.15) is 5.69 Å². The van der Waals surface area contributed by atoms with Crippen LogP contribution in [0.5, 0.6) is 0 Å². The van der Waals surface area contributed by atoms with Crippen molar-refractivity contribution in [2.75, 3.05) is 17.7 Å². The molecular weight excluding hydrogens is 238 g/mol. The minimum Gasteiger partial charge on any atom is -0.397 e. The number of hydrogen-bond donors (Lipinski definition) is 1. The van der Waals surface area contributed by atoms with E-state index in [4.69, 9.17) is 5.73 Å². The van der Waals surface area contributed by atoms with Gasteiger partial charge in [-0.2, -0.15) is 0 Å². The first-order chi connectivity index (χ1) is 8.90. The number of rotatable bonds is 2. The molecule has 2 rings (SSSR count). The van der Waals surface area contributed by atoms with Gasteiger partial charge in [-0.05, 0) is 31.5 Å². The van der Waals surface area contributed by atoms with Gasteiger partial charge in [-0.15, -0.1) is 0 Å². The standard InChI is InChI=1S/C15H19N3O/c1-10-5-6-13(11(2)7-10)18(4)15(19)14-8-12(16)9-17(14)3/h5-9H,16H2,1-4H3. The van der Waals surface area contributed by atoms with Crippen LogP contribution in [0.15, 0.2) is 30.5 Å². The molecule has 1 heterocycles. The summed E-state index contributed by atoms with van der Waals surface area (Å²) in [6.07, 6.45) is 1.74. The van der Waals surface area contributed by atoms with Crippen LogP contribution in [0, 0.1) is 13.8 Å². The summed E-state index contributed by atoms with van der Waals surface area (Å²) < 4.78 is 1.75. The second-order valence-corrected chi connectivity index (χ2v) is 4.92. The fourth-order valence-corrected chi connectivity index (χ4v) is 2.27. The van der Waals surface area contributed by atoms with E-state index in [2.05, 4.69) is 6.07 Å². The molecule has 4 heteroatoms. The van der Waals surface area contributed by atoms with Gasteiger partial charge in [0.05, 0.1) is 5.69 Å². The number of aromatic nitrogens is 1. The molecule has 0 bridgehead atoms. The highest BCUT2D eigenvalue weighted by Gasteiger charge is 2.18. The van der Waals surface area contributed by atoms with Gasteiger partial charge in [-0.25, -0.2) is 0 Å². The molecule has 1 amide bonds. The molecule has 0 aliphatic heterocycles. The van der Waals surface area contributed by atoms with Crippen LogP contribution in [0.1, 0.15) is 21.6 Å². The maximum atomic E-state index is 12.5. The van der Waals surface area contributed by atoms with E-state index in [-0.39, 0.29) is 5.91 Å². The molecule has 19 heavy (non-hydrogen) atoms. The van der Waals surface area contributed by atoms with Gasteiger partial charge in [0.2, 0.25) is 0 Å². The summed E-state index contributed by atoms with van der Waals surface area (Å²) >= 11 is 0. The van der Waals surface area contributed by atoms with Crippen LogP contribution in [-0.2, 0) is 7.05 Å². The number of anilines is 2. The van der Waals surface area contributed by atoms with E-state index in [1.54, 1.807) is 28.8 Å². The Morgan fingerprint density at radius 1 is 1.26 bits per heavy atom. The fraction of sp³-hybridized carbons (Fsp3) is 0.267. The Kier molecular flexibility index (Phi) is 3.34. The molecule has 0 radical (unpaired) electrons. The molecular formula is C15H19N3O. The maximum Gasteiger partial charge on any atom is 0.274 e. The number of nitrogens with zero attached hydrogens (tertiary/aromatic N) is 2. The van der Waals surface area contributed by atoms with E-state index < -0.39 is 0 Å². The Labute approximate surface area is 113 Å². The summed E-state index contributed by atoms with van der Waals surface area (Å²) in [6.45, 7) is 4.04. The van der Waals surface area contributed by atoms with Gasteiger partial charge < -0.3 is 15.2 Å². The molecule has 0 saturated heterocycles. The van der Waals surface area contributed by atoms with E-state index in [0.29, 0.717) is 11.4 Å². The van der Waals surface area contributed by atoms with Crippen molar-refractivity contribution in [1.82, 2.24) is 4.57 Å². The topological polar surface area (TPSA) is 51.3 Å². The number of amides is 1. The van der Waals surface area contributed by atoms with Crippen LogP contribution in [0.3, 0.4) is 0 Å². The SMILES string of the molecule is Cc1ccc(N(C)C(=O)c2cc(N)cn2C)c(C)c1. The Hall–Kier alpha value is -2.23. The highest BCUT2D eigenvalue weighted by molar-refractivity contribution is 6.05. The van der Waals surface area contributed by atoms with Crippen molar-refractivity contribution in [3.63, 3.8) is 0 Å². The van der Waals surface area contributed by atoms with Crippen molar-refractivity contribution < 1.29 is 4.79 Å². The lowest BCUT2D eigenvalue weighted by Gasteiger charge is -2.20. The molecule has 0 saturated carbocycles. The predicted octanol–water partition coefficient (Wildman–Crippen LogP) is 2.50. The molecule has 2 aromatic rings. The lowest BCUT2D eigenvalue weighted by atomic mass is 10.1. The molecule has 0 fully saturated rings. The zero-order chi connectivity index (χ0) is 14.2. The average Bonchev–Trinajstić information content (AvgIpc) is 2.67. The molecule has 2 N–H and O–H groups in total. The number of nitrogen functional groups attached to an aromatic ring is 1. The fourth-order valence-electron chi connectivity index (χ4n) is 2.27. The number of hydrogen-bond acceptors (Lipinski definition) is 2. The third-order valence-corrected chi connectivity index (χ3v) is 3.26. The molecule has 1 aromatic carbocycles. The minimum atomic E-state index is -0.0637. The highest BCUT2D eigenvalue weighted by atomic mass is 16.2. The average molecular weight is 257 g/mol. The molecule has 1 aromatic heterocycles. The lowest BCUT2D eigenvalue weighted by molar-refractivity contribution is 0.0985. The highest BCUT2D eigenvalue weighted by Crippen LogP contribution is 2.22. The molecule has 0 atom stereocenters. The zero-order valence-electron chi connectivity index (χ0n) is 11.8. The number of nitrogens with two attached hydrogens (primary N) is 1. The zero-order valence-corrected chi connectivity index (χ0v) is 11.8. The largest absolute Gasteiger partial charge is 0.397 e. The first-order valence-electron chi connectivity index (χ1n) is 6.17. The van der Waals surface area contributed by atoms with Crippen molar-refractivity contribution >= 4 is 17.3 Å². The minimum absolute atomic E-state index is 0.0637. The molecule has 0 spiro atoms. The van der Waals surface area contributed by atoms with Gasteiger partial charge in [-0.1, -0.05) is 17.7 Å². The summed E-state index contributed by atoms with van der Waals surface area (Å²) in [5.41, 5.74) is 10.1. The third-order valence-electron chi connectivity index (χ3n) is 3.26. The Balaban J connectivity index is 2.36. The summed E-state index contributed by atoms with van der Waals surface area (Å²) in [6, 6.07) is 7.74. The van der Waals surface area contributed by atoms with Crippen molar-refractivity contribution in [1.29, 1.82) is 0 Å². The number of benzene rings is 1. The van der Waals surface area contributed by atoms with E-state index >= 15 is 0 Å². The van der Waals surface area contributed by atoms with Crippen LogP contribution in [0.25, 0.3) is 0 Å². The Morgan fingerprint density at radius 2 is 1.95 bits per heavy atom. The lowest BCUT2D eigenvalue weighted by Crippen LogP contribution is -2.28. The maximum absolute atomic E-state index is 12.5. The van der Waals surface area contributed by atoms with Gasteiger partial charge in [0, 0.05) is 26.0 Å². The van der Waals surface area contributed by atoms with Crippen molar-refractivity contribution in [2.45, 2.75) is 13.8 Å². The number of carbonyl (C=O) groups excluding carboxylic acids is 1. The molecule has 0 aliphatic carbocycles. The summed E-state index contributed by atoms with van der Waals surface area (Å²) in [5, 5.41) is 0. The molecule has 100 valence electrons. The summed E-state index contributed by atoms with van der Waals surface area (Å²) in [5.74, 6) is -0.0637. The molecule has 0 aliphatic rings. The van der Waals surface area contributed by atoms with Crippen LogP contribution < -0.4 is 10.6 Å². The normalized spacial score (nSPS) is 10.5. The second-order valence-electron chi connectivity index (χ2n) is 4.92. The first-order valence-corrected chi connectivity index (χ1v) is 6.17. The summed E-state index contributed by atoms with van der Waals surface area (Å²) in [4.78, 5) is 14.1. The predicted molar refractivity (Wildman–Crippen MR) is 78.5 cm³/mol. The monoisotopic (exact) mass is 257 g/mol. The van der Waals surface area contributed by atoms with Crippen molar-refractivity contribution in [3.8, 4) is 0 Å². The Morgan fingerprint density at radius 3 is 2.47 bits per heavy atom. The first kappa shape index (κ1) is 13.2. The van der Waals surface area contributed by atoms with Gasteiger partial charge in [-0.3, -0.25) is 4.79 Å². The van der Waals surface area contributed by atoms with Crippen LogP contribution in [0.2, 0.25) is 0 Å². The van der Waals surface area contributed by atoms with Gasteiger partial charge in [0.25, 0.3) is 5.91 Å². The van der Waals surface area contributed by atoms with E-state index in [1.807, 2.05) is 33.0 Å². The van der Waals surface area contributed by atoms with E-state index in [1.165, 1.54) is 5.56 Å². The smallest absolute Gasteiger partial charge is 0.274 e. The van der Waals surface area contributed by atoms with Gasteiger partial charge >= 0.3 is 0 Å². The molecule has 4 nitrogen and oxygen atoms in total. The van der Waals surface area contributed by atoms with Gasteiger partial charge in [0.15, 0.2) is 0 Å². The second kappa shape index (κ2) is 4.80. The van der Waals surface area contributed by atoms with Crippen LogP contribution in [0.4, 0.5) is 11.4 Å². The number of aryl methyl sites for hydroxylation is 3. The van der Waals surface area contributed by atoms with E-state index in [9.17, 15) is 4.79 Å². The van der Waals surface area contributed by atoms with E-state index in [0.717, 1.165) is 11.3 Å². The third kappa shape index (κ3) is 2.47. The Bertz CT molecular complexity index is 628. The number of carbonyl (C=O) groups is 1. The van der Waals surface area contributed by atoms with Crippen LogP contribution >= 0.6 is 0 Å². The summed E-state index contributed by atoms with van der Waals surface area (Å²) in [7, 11) is 3.60.